The van der Waals surface area contributed by atoms with E-state index in [-0.39, 0.29) is 12.4 Å². The van der Waals surface area contributed by atoms with Crippen LogP contribution in [-0.2, 0) is 10.3 Å². The molecule has 0 fully saturated rings. The van der Waals surface area contributed by atoms with Crippen molar-refractivity contribution in [1.29, 1.82) is 0 Å². The van der Waals surface area contributed by atoms with Gasteiger partial charge in [0.15, 0.2) is 5.60 Å². The average Bonchev–Trinajstić information content (AvgIpc) is 3.15. The van der Waals surface area contributed by atoms with Crippen LogP contribution in [0.15, 0.2) is 65.1 Å². The predicted octanol–water partition coefficient (Wildman–Crippen LogP) is 4.05. The molecule has 0 unspecified atom stereocenters. The van der Waals surface area contributed by atoms with Crippen molar-refractivity contribution in [3.8, 4) is 5.75 Å². The maximum absolute atomic E-state index is 12.2. The molecule has 0 saturated carbocycles. The largest absolute Gasteiger partial charge is 0.495 e. The van der Waals surface area contributed by atoms with Crippen molar-refractivity contribution in [2.75, 3.05) is 13.7 Å². The summed E-state index contributed by atoms with van der Waals surface area (Å²) in [5, 5.41) is 12.3. The lowest BCUT2D eigenvalue weighted by atomic mass is 10.0. The molecule has 0 spiro atoms. The second-order valence-electron chi connectivity index (χ2n) is 6.71. The first-order chi connectivity index (χ1) is 13.5. The van der Waals surface area contributed by atoms with Crippen LogP contribution in [-0.4, -0.2) is 29.8 Å². The number of furan rings is 1. The van der Waals surface area contributed by atoms with Gasteiger partial charge in [0.05, 0.1) is 23.6 Å². The smallest absolute Gasteiger partial charge is 0.338 e. The van der Waals surface area contributed by atoms with Crippen LogP contribution in [0.5, 0.6) is 5.75 Å². The number of pyridine rings is 1. The van der Waals surface area contributed by atoms with Crippen LogP contribution < -0.4 is 4.74 Å². The highest BCUT2D eigenvalue weighted by Crippen LogP contribution is 2.37. The Morgan fingerprint density at radius 2 is 1.82 bits per heavy atom. The van der Waals surface area contributed by atoms with Gasteiger partial charge in [-0.2, -0.15) is 0 Å². The molecule has 1 atom stereocenters. The van der Waals surface area contributed by atoms with E-state index in [1.807, 2.05) is 30.3 Å². The van der Waals surface area contributed by atoms with Crippen LogP contribution in [0.3, 0.4) is 0 Å². The molecule has 4 rings (SSSR count). The van der Waals surface area contributed by atoms with Gasteiger partial charge in [-0.3, -0.25) is 0 Å². The normalized spacial score (nSPS) is 13.4. The van der Waals surface area contributed by atoms with Gasteiger partial charge in [0.1, 0.15) is 18.1 Å². The van der Waals surface area contributed by atoms with E-state index in [2.05, 4.69) is 4.98 Å². The molecule has 1 N–H and O–H groups in total. The second kappa shape index (κ2) is 6.98. The number of rotatable bonds is 5. The number of ether oxygens (including phenoxy) is 2. The molecule has 0 aliphatic carbocycles. The number of carbonyl (C=O) groups is 1. The number of hydrogen-bond acceptors (Lipinski definition) is 6. The summed E-state index contributed by atoms with van der Waals surface area (Å²) in [4.78, 5) is 16.7. The van der Waals surface area contributed by atoms with E-state index >= 15 is 0 Å². The third-order valence-corrected chi connectivity index (χ3v) is 4.56. The first-order valence-electron chi connectivity index (χ1n) is 8.81. The Hall–Kier alpha value is -3.38. The highest BCUT2D eigenvalue weighted by molar-refractivity contribution is 5.99. The molecule has 0 bridgehead atoms. The summed E-state index contributed by atoms with van der Waals surface area (Å²) in [6, 6.07) is 17.8. The van der Waals surface area contributed by atoms with Crippen molar-refractivity contribution in [2.24, 2.45) is 0 Å². The SMILES string of the molecule is COc1c2ccccc2nc2oc([C@@](C)(O)COC(=O)c3ccccc3)cc12. The van der Waals surface area contributed by atoms with E-state index in [0.29, 0.717) is 22.4 Å². The number of aromatic nitrogens is 1. The molecule has 0 saturated heterocycles. The van der Waals surface area contributed by atoms with Crippen molar-refractivity contribution in [3.63, 3.8) is 0 Å². The summed E-state index contributed by atoms with van der Waals surface area (Å²) in [5.74, 6) is 0.343. The Labute approximate surface area is 161 Å². The lowest BCUT2D eigenvalue weighted by Gasteiger charge is -2.20. The van der Waals surface area contributed by atoms with Gasteiger partial charge in [-0.05, 0) is 37.3 Å². The number of methoxy groups -OCH3 is 1. The fourth-order valence-electron chi connectivity index (χ4n) is 3.06. The van der Waals surface area contributed by atoms with Gasteiger partial charge >= 0.3 is 5.97 Å². The number of hydrogen-bond donors (Lipinski definition) is 1. The maximum atomic E-state index is 12.2. The number of carbonyl (C=O) groups excluding carboxylic acids is 1. The third-order valence-electron chi connectivity index (χ3n) is 4.56. The van der Waals surface area contributed by atoms with E-state index in [9.17, 15) is 9.90 Å². The zero-order chi connectivity index (χ0) is 19.7. The fraction of sp³-hybridized carbons (Fsp3) is 0.182. The summed E-state index contributed by atoms with van der Waals surface area (Å²) in [6.45, 7) is 1.26. The highest BCUT2D eigenvalue weighted by atomic mass is 16.5. The van der Waals surface area contributed by atoms with E-state index in [1.165, 1.54) is 6.92 Å². The second-order valence-corrected chi connectivity index (χ2v) is 6.71. The van der Waals surface area contributed by atoms with Crippen LogP contribution >= 0.6 is 0 Å². The monoisotopic (exact) mass is 377 g/mol. The molecular formula is C22H19NO5. The van der Waals surface area contributed by atoms with Gasteiger partial charge < -0.3 is 19.0 Å². The van der Waals surface area contributed by atoms with Crippen molar-refractivity contribution >= 4 is 28.0 Å². The highest BCUT2D eigenvalue weighted by Gasteiger charge is 2.31. The van der Waals surface area contributed by atoms with Gasteiger partial charge in [-0.15, -0.1) is 0 Å². The van der Waals surface area contributed by atoms with Gasteiger partial charge in [0.25, 0.3) is 0 Å². The zero-order valence-electron chi connectivity index (χ0n) is 15.5. The molecule has 2 aromatic carbocycles. The van der Waals surface area contributed by atoms with Crippen LogP contribution in [0.4, 0.5) is 0 Å². The van der Waals surface area contributed by atoms with Gasteiger partial charge in [0, 0.05) is 5.39 Å². The van der Waals surface area contributed by atoms with Gasteiger partial charge in [-0.25, -0.2) is 9.78 Å². The van der Waals surface area contributed by atoms with Crippen molar-refractivity contribution in [2.45, 2.75) is 12.5 Å². The zero-order valence-corrected chi connectivity index (χ0v) is 15.5. The molecular weight excluding hydrogens is 358 g/mol. The number of esters is 1. The molecule has 6 nitrogen and oxygen atoms in total. The third kappa shape index (κ3) is 3.18. The van der Waals surface area contributed by atoms with E-state index in [4.69, 9.17) is 13.9 Å². The fourth-order valence-corrected chi connectivity index (χ4v) is 3.06. The maximum Gasteiger partial charge on any atom is 0.338 e. The molecule has 0 amide bonds. The minimum Gasteiger partial charge on any atom is -0.495 e. The van der Waals surface area contributed by atoms with Gasteiger partial charge in [0.2, 0.25) is 5.71 Å². The average molecular weight is 377 g/mol. The quantitative estimate of drug-likeness (QED) is 0.528. The molecule has 142 valence electrons. The van der Waals surface area contributed by atoms with Crippen LogP contribution in [0.2, 0.25) is 0 Å². The molecule has 4 aromatic rings. The first-order valence-corrected chi connectivity index (χ1v) is 8.81. The van der Waals surface area contributed by atoms with Crippen LogP contribution in [0, 0.1) is 0 Å². The number of nitrogens with zero attached hydrogens (tertiary/aromatic N) is 1. The number of benzene rings is 2. The lowest BCUT2D eigenvalue weighted by molar-refractivity contribution is -0.0354. The minimum atomic E-state index is -1.53. The van der Waals surface area contributed by atoms with Crippen molar-refractivity contribution in [1.82, 2.24) is 4.98 Å². The molecule has 0 radical (unpaired) electrons. The van der Waals surface area contributed by atoms with Gasteiger partial charge in [-0.1, -0.05) is 30.3 Å². The number of fused-ring (bicyclic) bond motifs is 2. The van der Waals surface area contributed by atoms with Crippen LogP contribution in [0.1, 0.15) is 23.0 Å². The van der Waals surface area contributed by atoms with Crippen LogP contribution in [0.25, 0.3) is 22.0 Å². The minimum absolute atomic E-state index is 0.240. The van der Waals surface area contributed by atoms with Crippen molar-refractivity contribution < 1.29 is 23.8 Å². The lowest BCUT2D eigenvalue weighted by Crippen LogP contribution is -2.28. The molecule has 0 aliphatic rings. The number of aliphatic hydroxyl groups is 1. The molecule has 0 aliphatic heterocycles. The standard InChI is InChI=1S/C22H19NO5/c1-22(25,13-27-21(24)14-8-4-3-5-9-14)18-12-16-19(26-2)15-10-6-7-11-17(15)23-20(16)28-18/h3-12,25H,13H2,1-2H3/t22-/m0/s1. The molecule has 6 heteroatoms. The first kappa shape index (κ1) is 18.0. The summed E-state index contributed by atoms with van der Waals surface area (Å²) in [7, 11) is 1.58. The summed E-state index contributed by atoms with van der Waals surface area (Å²) in [5.41, 5.74) is -0.0388. The summed E-state index contributed by atoms with van der Waals surface area (Å²) in [6.07, 6.45) is 0. The topological polar surface area (TPSA) is 81.8 Å². The Bertz CT molecular complexity index is 1150. The Morgan fingerprint density at radius 3 is 2.57 bits per heavy atom. The Balaban J connectivity index is 1.66. The van der Waals surface area contributed by atoms with Crippen molar-refractivity contribution in [3.05, 3.63) is 72.0 Å². The van der Waals surface area contributed by atoms with E-state index in [1.54, 1.807) is 37.4 Å². The Morgan fingerprint density at radius 1 is 1.11 bits per heavy atom. The molecule has 28 heavy (non-hydrogen) atoms. The van der Waals surface area contributed by atoms with E-state index in [0.717, 1.165) is 10.9 Å². The van der Waals surface area contributed by atoms with E-state index < -0.39 is 11.6 Å². The number of para-hydroxylation sites is 1. The summed E-state index contributed by atoms with van der Waals surface area (Å²) >= 11 is 0. The molecule has 2 heterocycles. The predicted molar refractivity (Wildman–Crippen MR) is 104 cm³/mol. The molecule has 2 aromatic heterocycles. The Kier molecular flexibility index (Phi) is 4.49. The summed E-state index contributed by atoms with van der Waals surface area (Å²) < 4.78 is 16.6.